The minimum absolute atomic E-state index is 0.0501. The van der Waals surface area contributed by atoms with Crippen LogP contribution in [0.3, 0.4) is 0 Å². The largest absolute Gasteiger partial charge is 0.287 e. The standard InChI is InChI=1S/C17H15N3OS/c1-3-20-16(21)14-8-12-6-4-5-7-13(12)9-15(14)19-17(20)22-11(2)10-18/h4-9,11H,3H2,1-2H3/t11-/m1/s1. The van der Waals surface area contributed by atoms with Gasteiger partial charge in [-0.05, 0) is 36.8 Å². The minimum Gasteiger partial charge on any atom is -0.287 e. The molecule has 0 saturated carbocycles. The molecule has 3 rings (SSSR count). The first-order valence-corrected chi connectivity index (χ1v) is 8.01. The Morgan fingerprint density at radius 2 is 2.00 bits per heavy atom. The Balaban J connectivity index is 2.32. The third-order valence-corrected chi connectivity index (χ3v) is 4.55. The van der Waals surface area contributed by atoms with Crippen LogP contribution in [0.5, 0.6) is 0 Å². The van der Waals surface area contributed by atoms with Gasteiger partial charge in [0.05, 0.1) is 22.2 Å². The highest BCUT2D eigenvalue weighted by Gasteiger charge is 2.14. The zero-order valence-corrected chi connectivity index (χ0v) is 13.2. The first kappa shape index (κ1) is 14.6. The second kappa shape index (κ2) is 5.82. The summed E-state index contributed by atoms with van der Waals surface area (Å²) in [5.41, 5.74) is 0.631. The molecule has 1 heterocycles. The molecular formula is C17H15N3OS. The fourth-order valence-electron chi connectivity index (χ4n) is 2.44. The van der Waals surface area contributed by atoms with Crippen molar-refractivity contribution in [3.8, 4) is 6.07 Å². The summed E-state index contributed by atoms with van der Waals surface area (Å²) >= 11 is 1.32. The van der Waals surface area contributed by atoms with E-state index in [2.05, 4.69) is 11.1 Å². The van der Waals surface area contributed by atoms with Crippen LogP contribution in [0.25, 0.3) is 21.7 Å². The number of benzene rings is 2. The lowest BCUT2D eigenvalue weighted by molar-refractivity contribution is 0.634. The van der Waals surface area contributed by atoms with Crippen molar-refractivity contribution in [2.45, 2.75) is 30.8 Å². The number of hydrogen-bond acceptors (Lipinski definition) is 4. The van der Waals surface area contributed by atoms with Gasteiger partial charge in [0.15, 0.2) is 5.16 Å². The van der Waals surface area contributed by atoms with E-state index in [1.165, 1.54) is 11.8 Å². The lowest BCUT2D eigenvalue weighted by Gasteiger charge is -2.12. The number of fused-ring (bicyclic) bond motifs is 2. The molecule has 22 heavy (non-hydrogen) atoms. The lowest BCUT2D eigenvalue weighted by Crippen LogP contribution is -2.23. The Morgan fingerprint density at radius 3 is 2.64 bits per heavy atom. The molecule has 110 valence electrons. The number of rotatable bonds is 3. The van der Waals surface area contributed by atoms with Gasteiger partial charge in [-0.3, -0.25) is 9.36 Å². The Morgan fingerprint density at radius 1 is 1.32 bits per heavy atom. The van der Waals surface area contributed by atoms with E-state index in [0.29, 0.717) is 22.6 Å². The Bertz CT molecular complexity index is 956. The van der Waals surface area contributed by atoms with E-state index < -0.39 is 0 Å². The molecule has 0 aliphatic heterocycles. The van der Waals surface area contributed by atoms with E-state index in [-0.39, 0.29) is 10.8 Å². The van der Waals surface area contributed by atoms with Crippen LogP contribution in [-0.4, -0.2) is 14.8 Å². The summed E-state index contributed by atoms with van der Waals surface area (Å²) in [4.78, 5) is 17.3. The number of hydrogen-bond donors (Lipinski definition) is 0. The van der Waals surface area contributed by atoms with E-state index in [9.17, 15) is 4.79 Å². The fourth-order valence-corrected chi connectivity index (χ4v) is 3.30. The zero-order chi connectivity index (χ0) is 15.7. The van der Waals surface area contributed by atoms with E-state index in [4.69, 9.17) is 5.26 Å². The summed E-state index contributed by atoms with van der Waals surface area (Å²) in [5.74, 6) is 0. The van der Waals surface area contributed by atoms with Crippen molar-refractivity contribution in [1.29, 1.82) is 5.26 Å². The van der Waals surface area contributed by atoms with Gasteiger partial charge < -0.3 is 0 Å². The Hall–Kier alpha value is -2.32. The molecule has 0 amide bonds. The van der Waals surface area contributed by atoms with Crippen LogP contribution >= 0.6 is 11.8 Å². The topological polar surface area (TPSA) is 58.7 Å². The third kappa shape index (κ3) is 2.46. The van der Waals surface area contributed by atoms with Gasteiger partial charge in [0.25, 0.3) is 5.56 Å². The first-order valence-electron chi connectivity index (χ1n) is 7.13. The van der Waals surface area contributed by atoms with Crippen LogP contribution in [-0.2, 0) is 6.54 Å². The summed E-state index contributed by atoms with van der Waals surface area (Å²) in [7, 11) is 0. The summed E-state index contributed by atoms with van der Waals surface area (Å²) in [6.07, 6.45) is 0. The summed E-state index contributed by atoms with van der Waals surface area (Å²) < 4.78 is 1.63. The monoisotopic (exact) mass is 309 g/mol. The van der Waals surface area contributed by atoms with Crippen molar-refractivity contribution >= 4 is 33.4 Å². The number of nitriles is 1. The van der Waals surface area contributed by atoms with E-state index in [1.807, 2.05) is 43.3 Å². The molecule has 5 heteroatoms. The van der Waals surface area contributed by atoms with Crippen molar-refractivity contribution in [3.63, 3.8) is 0 Å². The molecule has 1 aromatic heterocycles. The van der Waals surface area contributed by atoms with Crippen molar-refractivity contribution < 1.29 is 0 Å². The molecule has 0 fully saturated rings. The molecule has 0 aliphatic carbocycles. The molecule has 0 N–H and O–H groups in total. The third-order valence-electron chi connectivity index (χ3n) is 3.57. The van der Waals surface area contributed by atoms with E-state index in [0.717, 1.165) is 10.8 Å². The molecule has 0 aliphatic rings. The van der Waals surface area contributed by atoms with Gasteiger partial charge in [-0.1, -0.05) is 36.0 Å². The molecule has 0 saturated heterocycles. The zero-order valence-electron chi connectivity index (χ0n) is 12.4. The average molecular weight is 309 g/mol. The summed E-state index contributed by atoms with van der Waals surface area (Å²) in [6, 6.07) is 13.9. The first-order chi connectivity index (χ1) is 10.6. The number of nitrogens with zero attached hydrogens (tertiary/aromatic N) is 3. The molecule has 2 aromatic carbocycles. The van der Waals surface area contributed by atoms with Gasteiger partial charge in [-0.25, -0.2) is 4.98 Å². The maximum absolute atomic E-state index is 12.7. The molecule has 0 spiro atoms. The van der Waals surface area contributed by atoms with Gasteiger partial charge in [0.1, 0.15) is 0 Å². The fraction of sp³-hybridized carbons (Fsp3) is 0.235. The van der Waals surface area contributed by atoms with Gasteiger partial charge in [-0.15, -0.1) is 0 Å². The summed E-state index contributed by atoms with van der Waals surface area (Å²) in [6.45, 7) is 4.26. The second-order valence-electron chi connectivity index (χ2n) is 5.05. The highest BCUT2D eigenvalue weighted by atomic mass is 32.2. The molecular weight excluding hydrogens is 294 g/mol. The molecule has 4 nitrogen and oxygen atoms in total. The van der Waals surface area contributed by atoms with Gasteiger partial charge in [0.2, 0.25) is 0 Å². The Labute approximate surface area is 132 Å². The molecule has 0 unspecified atom stereocenters. The van der Waals surface area contributed by atoms with Crippen molar-refractivity contribution in [3.05, 3.63) is 46.8 Å². The second-order valence-corrected chi connectivity index (χ2v) is 6.36. The van der Waals surface area contributed by atoms with Crippen LogP contribution < -0.4 is 5.56 Å². The number of thioether (sulfide) groups is 1. The highest BCUT2D eigenvalue weighted by Crippen LogP contribution is 2.24. The average Bonchev–Trinajstić information content (AvgIpc) is 2.53. The maximum atomic E-state index is 12.7. The smallest absolute Gasteiger partial charge is 0.262 e. The van der Waals surface area contributed by atoms with Gasteiger partial charge >= 0.3 is 0 Å². The Kier molecular flexibility index (Phi) is 3.86. The molecule has 3 aromatic rings. The van der Waals surface area contributed by atoms with Gasteiger partial charge in [-0.2, -0.15) is 5.26 Å². The van der Waals surface area contributed by atoms with Gasteiger partial charge in [0, 0.05) is 6.54 Å². The summed E-state index contributed by atoms with van der Waals surface area (Å²) in [5, 5.41) is 12.1. The van der Waals surface area contributed by atoms with E-state index in [1.54, 1.807) is 11.5 Å². The predicted octanol–water partition coefficient (Wildman–Crippen LogP) is 3.57. The SMILES string of the molecule is CCn1c(S[C@H](C)C#N)nc2cc3ccccc3cc2c1=O. The minimum atomic E-state index is -0.248. The van der Waals surface area contributed by atoms with Crippen molar-refractivity contribution in [2.75, 3.05) is 0 Å². The van der Waals surface area contributed by atoms with Crippen LogP contribution in [0.4, 0.5) is 0 Å². The number of aromatic nitrogens is 2. The molecule has 1 atom stereocenters. The van der Waals surface area contributed by atoms with Crippen LogP contribution in [0.15, 0.2) is 46.3 Å². The predicted molar refractivity (Wildman–Crippen MR) is 90.1 cm³/mol. The van der Waals surface area contributed by atoms with Crippen molar-refractivity contribution in [1.82, 2.24) is 9.55 Å². The maximum Gasteiger partial charge on any atom is 0.262 e. The normalized spacial score (nSPS) is 12.4. The van der Waals surface area contributed by atoms with Crippen LogP contribution in [0, 0.1) is 11.3 Å². The lowest BCUT2D eigenvalue weighted by atomic mass is 10.1. The van der Waals surface area contributed by atoms with E-state index >= 15 is 0 Å². The molecule has 0 bridgehead atoms. The van der Waals surface area contributed by atoms with Crippen LogP contribution in [0.2, 0.25) is 0 Å². The highest BCUT2D eigenvalue weighted by molar-refractivity contribution is 8.00. The molecule has 0 radical (unpaired) electrons. The van der Waals surface area contributed by atoms with Crippen molar-refractivity contribution in [2.24, 2.45) is 0 Å². The quantitative estimate of drug-likeness (QED) is 0.421. The van der Waals surface area contributed by atoms with Crippen LogP contribution in [0.1, 0.15) is 13.8 Å².